The van der Waals surface area contributed by atoms with Crippen molar-refractivity contribution in [2.75, 3.05) is 0 Å². The Hall–Kier alpha value is -0.830. The van der Waals surface area contributed by atoms with Crippen LogP contribution in [0.4, 0.5) is 0 Å². The van der Waals surface area contributed by atoms with E-state index in [0.29, 0.717) is 23.2 Å². The lowest BCUT2D eigenvalue weighted by Crippen LogP contribution is -2.50. The number of aliphatic hydroxyl groups is 1. The van der Waals surface area contributed by atoms with E-state index >= 15 is 0 Å². The number of carboxylic acids is 1. The number of carboxylic acid groups (broad SMARTS) is 1. The van der Waals surface area contributed by atoms with Crippen molar-refractivity contribution in [1.29, 1.82) is 0 Å². The molecule has 0 bridgehead atoms. The van der Waals surface area contributed by atoms with Crippen LogP contribution in [0.2, 0.25) is 0 Å². The summed E-state index contributed by atoms with van der Waals surface area (Å²) in [6.45, 7) is 11.5. The molecule has 3 saturated carbocycles. The quantitative estimate of drug-likeness (QED) is 0.407. The van der Waals surface area contributed by atoms with Crippen LogP contribution in [0.1, 0.15) is 112 Å². The Morgan fingerprint density at radius 3 is 2.59 bits per heavy atom. The average molecular weight is 445 g/mol. The number of allylic oxidation sites excluding steroid dienone is 2. The molecular formula is C29H48O3. The van der Waals surface area contributed by atoms with Crippen molar-refractivity contribution in [3.8, 4) is 0 Å². The highest BCUT2D eigenvalue weighted by molar-refractivity contribution is 5.67. The molecule has 4 aliphatic carbocycles. The summed E-state index contributed by atoms with van der Waals surface area (Å²) >= 11 is 0. The Labute approximate surface area is 196 Å². The summed E-state index contributed by atoms with van der Waals surface area (Å²) in [5.74, 6) is 3.78. The average Bonchev–Trinajstić information content (AvgIpc) is 3.04. The van der Waals surface area contributed by atoms with Gasteiger partial charge in [-0.05, 0) is 118 Å². The summed E-state index contributed by atoms with van der Waals surface area (Å²) in [5.41, 5.74) is 1.87. The number of aliphatic carboxylic acids is 1. The van der Waals surface area contributed by atoms with E-state index in [0.717, 1.165) is 55.3 Å². The Morgan fingerprint density at radius 1 is 1.16 bits per heavy atom. The first-order valence-electron chi connectivity index (χ1n) is 13.6. The fourth-order valence-electron chi connectivity index (χ4n) is 9.19. The van der Waals surface area contributed by atoms with Gasteiger partial charge in [-0.3, -0.25) is 4.79 Å². The van der Waals surface area contributed by atoms with Crippen LogP contribution in [0.25, 0.3) is 0 Å². The number of hydrogen-bond acceptors (Lipinski definition) is 2. The first kappa shape index (κ1) is 24.3. The van der Waals surface area contributed by atoms with Gasteiger partial charge in [0, 0.05) is 6.42 Å². The topological polar surface area (TPSA) is 57.5 Å². The van der Waals surface area contributed by atoms with Crippen molar-refractivity contribution >= 4 is 5.97 Å². The number of carbonyl (C=O) groups is 1. The second-order valence-corrected chi connectivity index (χ2v) is 13.4. The lowest BCUT2D eigenvalue weighted by atomic mass is 9.46. The summed E-state index contributed by atoms with van der Waals surface area (Å²) in [6, 6.07) is 0. The molecule has 0 heterocycles. The van der Waals surface area contributed by atoms with Crippen molar-refractivity contribution in [3.63, 3.8) is 0 Å². The molecule has 0 saturated heterocycles. The lowest BCUT2D eigenvalue weighted by Gasteiger charge is -2.58. The molecule has 32 heavy (non-hydrogen) atoms. The van der Waals surface area contributed by atoms with Gasteiger partial charge in [-0.15, -0.1) is 0 Å². The van der Waals surface area contributed by atoms with Gasteiger partial charge < -0.3 is 10.2 Å². The third-order valence-electron chi connectivity index (χ3n) is 10.9. The number of fused-ring (bicyclic) bond motifs is 5. The van der Waals surface area contributed by atoms with Gasteiger partial charge in [0.1, 0.15) is 0 Å². The molecule has 3 unspecified atom stereocenters. The summed E-state index contributed by atoms with van der Waals surface area (Å²) < 4.78 is 0. The van der Waals surface area contributed by atoms with Gasteiger partial charge in [-0.2, -0.15) is 0 Å². The standard InChI is InChI=1S/C29H48O3/c1-19(7-6-14-27(2,3)32)23-10-11-24-22-9-8-21-17-20(18-26(30)31)12-15-28(21,4)25(22)13-16-29(23,24)5/h8,19-20,22-25,32H,6-7,9-18H2,1-5H3,(H,30,31)/t19-,20+,22?,23-,24?,25?,28+,29-/m1/s1. The van der Waals surface area contributed by atoms with Crippen LogP contribution >= 0.6 is 0 Å². The van der Waals surface area contributed by atoms with Crippen molar-refractivity contribution in [2.24, 2.45) is 46.3 Å². The van der Waals surface area contributed by atoms with Gasteiger partial charge in [0.15, 0.2) is 0 Å². The molecule has 0 aromatic heterocycles. The Balaban J connectivity index is 1.45. The molecule has 8 atom stereocenters. The summed E-state index contributed by atoms with van der Waals surface area (Å²) in [5, 5.41) is 19.4. The number of hydrogen-bond donors (Lipinski definition) is 2. The molecule has 4 aliphatic rings. The maximum atomic E-state index is 11.3. The molecule has 0 amide bonds. The highest BCUT2D eigenvalue weighted by atomic mass is 16.4. The third-order valence-corrected chi connectivity index (χ3v) is 10.9. The van der Waals surface area contributed by atoms with Crippen LogP contribution < -0.4 is 0 Å². The van der Waals surface area contributed by atoms with Crippen molar-refractivity contribution < 1.29 is 15.0 Å². The molecule has 3 nitrogen and oxygen atoms in total. The van der Waals surface area contributed by atoms with Crippen LogP contribution in [0.15, 0.2) is 11.6 Å². The van der Waals surface area contributed by atoms with E-state index in [1.807, 2.05) is 13.8 Å². The molecule has 4 rings (SSSR count). The molecule has 182 valence electrons. The third kappa shape index (κ3) is 4.44. The van der Waals surface area contributed by atoms with Gasteiger partial charge >= 0.3 is 5.97 Å². The molecule has 0 radical (unpaired) electrons. The number of rotatable bonds is 7. The molecule has 0 spiro atoms. The largest absolute Gasteiger partial charge is 0.481 e. The Bertz CT molecular complexity index is 733. The molecule has 3 fully saturated rings. The summed E-state index contributed by atoms with van der Waals surface area (Å²) in [6.07, 6.45) is 16.3. The van der Waals surface area contributed by atoms with E-state index < -0.39 is 11.6 Å². The minimum Gasteiger partial charge on any atom is -0.481 e. The second-order valence-electron chi connectivity index (χ2n) is 13.4. The monoisotopic (exact) mass is 444 g/mol. The van der Waals surface area contributed by atoms with E-state index in [1.165, 1.54) is 44.9 Å². The van der Waals surface area contributed by atoms with E-state index in [4.69, 9.17) is 0 Å². The maximum absolute atomic E-state index is 11.3. The summed E-state index contributed by atoms with van der Waals surface area (Å²) in [4.78, 5) is 11.3. The van der Waals surface area contributed by atoms with Crippen LogP contribution in [0, 0.1) is 46.3 Å². The van der Waals surface area contributed by atoms with E-state index in [1.54, 1.807) is 5.57 Å². The maximum Gasteiger partial charge on any atom is 0.303 e. The highest BCUT2D eigenvalue weighted by Crippen LogP contribution is 2.67. The van der Waals surface area contributed by atoms with Crippen LogP contribution in [-0.4, -0.2) is 21.8 Å². The van der Waals surface area contributed by atoms with E-state index in [-0.39, 0.29) is 0 Å². The van der Waals surface area contributed by atoms with Gasteiger partial charge in [-0.25, -0.2) is 0 Å². The minimum atomic E-state index is -0.630. The molecule has 0 aliphatic heterocycles. The molecule has 2 N–H and O–H groups in total. The first-order valence-corrected chi connectivity index (χ1v) is 13.6. The van der Waals surface area contributed by atoms with Gasteiger partial charge in [0.25, 0.3) is 0 Å². The van der Waals surface area contributed by atoms with Crippen molar-refractivity contribution in [3.05, 3.63) is 11.6 Å². The minimum absolute atomic E-state index is 0.315. The molecule has 0 aromatic carbocycles. The van der Waals surface area contributed by atoms with Crippen LogP contribution in [0.5, 0.6) is 0 Å². The smallest absolute Gasteiger partial charge is 0.303 e. The van der Waals surface area contributed by atoms with Gasteiger partial charge in [0.05, 0.1) is 5.60 Å². The van der Waals surface area contributed by atoms with Crippen LogP contribution in [-0.2, 0) is 4.79 Å². The van der Waals surface area contributed by atoms with Crippen LogP contribution in [0.3, 0.4) is 0 Å². The highest BCUT2D eigenvalue weighted by Gasteiger charge is 2.59. The zero-order valence-electron chi connectivity index (χ0n) is 21.3. The van der Waals surface area contributed by atoms with Crippen molar-refractivity contribution in [1.82, 2.24) is 0 Å². The Kier molecular flexibility index (Phi) is 6.64. The first-order chi connectivity index (χ1) is 14.9. The van der Waals surface area contributed by atoms with E-state index in [2.05, 4.69) is 26.8 Å². The zero-order chi connectivity index (χ0) is 23.3. The predicted octanol–water partition coefficient (Wildman–Crippen LogP) is 7.23. The molecular weight excluding hydrogens is 396 g/mol. The second kappa shape index (κ2) is 8.75. The zero-order valence-corrected chi connectivity index (χ0v) is 21.3. The summed E-state index contributed by atoms with van der Waals surface area (Å²) in [7, 11) is 0. The van der Waals surface area contributed by atoms with Crippen molar-refractivity contribution in [2.45, 2.75) is 117 Å². The Morgan fingerprint density at radius 2 is 1.91 bits per heavy atom. The molecule has 0 aromatic rings. The fourth-order valence-corrected chi connectivity index (χ4v) is 9.19. The van der Waals surface area contributed by atoms with Gasteiger partial charge in [-0.1, -0.05) is 45.3 Å². The normalized spacial score (nSPS) is 42.4. The fraction of sp³-hybridized carbons (Fsp3) is 0.897. The predicted molar refractivity (Wildman–Crippen MR) is 130 cm³/mol. The lowest BCUT2D eigenvalue weighted by molar-refractivity contribution is -0.138. The van der Waals surface area contributed by atoms with E-state index in [9.17, 15) is 15.0 Å². The molecule has 3 heteroatoms. The SMILES string of the molecule is C[C@H](CCCC(C)(C)O)[C@H]1CCC2C3CC=C4C[C@@H](CC(=O)O)CC[C@]4(C)C3CC[C@@]21C. The van der Waals surface area contributed by atoms with Gasteiger partial charge in [0.2, 0.25) is 0 Å².